The van der Waals surface area contributed by atoms with Crippen LogP contribution >= 0.6 is 0 Å². The predicted molar refractivity (Wildman–Crippen MR) is 81.2 cm³/mol. The smallest absolute Gasteiger partial charge is 0.291 e. The zero-order valence-electron chi connectivity index (χ0n) is 12.3. The van der Waals surface area contributed by atoms with Gasteiger partial charge in [-0.25, -0.2) is 0 Å². The Labute approximate surface area is 127 Å². The molecule has 6 heteroatoms. The van der Waals surface area contributed by atoms with Gasteiger partial charge in [-0.1, -0.05) is 12.1 Å². The number of nitrogens with one attached hydrogen (secondary N) is 2. The summed E-state index contributed by atoms with van der Waals surface area (Å²) in [6.07, 6.45) is 2.96. The van der Waals surface area contributed by atoms with Gasteiger partial charge in [0.15, 0.2) is 5.76 Å². The molecule has 22 heavy (non-hydrogen) atoms. The first-order valence-electron chi connectivity index (χ1n) is 6.56. The molecule has 6 nitrogen and oxygen atoms in total. The average Bonchev–Trinajstić information content (AvgIpc) is 3.08. The Bertz CT molecular complexity index is 673. The van der Waals surface area contributed by atoms with Crippen molar-refractivity contribution in [1.82, 2.24) is 10.6 Å². The van der Waals surface area contributed by atoms with Gasteiger partial charge in [0, 0.05) is 7.05 Å². The van der Waals surface area contributed by atoms with Crippen molar-refractivity contribution in [3.8, 4) is 5.75 Å². The summed E-state index contributed by atoms with van der Waals surface area (Å²) in [4.78, 5) is 23.9. The molecule has 114 valence electrons. The van der Waals surface area contributed by atoms with Gasteiger partial charge >= 0.3 is 0 Å². The van der Waals surface area contributed by atoms with Crippen LogP contribution in [0.4, 0.5) is 0 Å². The minimum absolute atomic E-state index is 0.120. The molecule has 0 fully saturated rings. The Hall–Kier alpha value is -3.02. The number of benzene rings is 1. The Morgan fingerprint density at radius 1 is 1.18 bits per heavy atom. The average molecular weight is 300 g/mol. The molecule has 0 unspecified atom stereocenters. The molecule has 0 atom stereocenters. The molecule has 1 aromatic carbocycles. The lowest BCUT2D eigenvalue weighted by atomic mass is 10.1. The predicted octanol–water partition coefficient (Wildman–Crippen LogP) is 1.81. The van der Waals surface area contributed by atoms with Crippen LogP contribution in [0.5, 0.6) is 5.75 Å². The van der Waals surface area contributed by atoms with Crippen LogP contribution in [0, 0.1) is 0 Å². The lowest BCUT2D eigenvalue weighted by Crippen LogP contribution is -2.32. The first-order valence-corrected chi connectivity index (χ1v) is 6.56. The second-order valence-electron chi connectivity index (χ2n) is 4.34. The molecule has 0 aliphatic carbocycles. The van der Waals surface area contributed by atoms with Gasteiger partial charge in [-0.15, -0.1) is 0 Å². The molecular weight excluding hydrogens is 284 g/mol. The Kier molecular flexibility index (Phi) is 4.98. The standard InChI is InChI=1S/C16H16N2O4/c1-17-15(19)13(18-16(20)14-4-3-9-22-14)10-11-5-7-12(21-2)8-6-11/h3-10H,1-2H3,(H,17,19)(H,18,20)/b13-10+. The van der Waals surface area contributed by atoms with Gasteiger partial charge in [0.25, 0.3) is 11.8 Å². The van der Waals surface area contributed by atoms with Crippen molar-refractivity contribution in [2.75, 3.05) is 14.2 Å². The van der Waals surface area contributed by atoms with Crippen molar-refractivity contribution in [3.63, 3.8) is 0 Å². The monoisotopic (exact) mass is 300 g/mol. The third-order valence-electron chi connectivity index (χ3n) is 2.89. The van der Waals surface area contributed by atoms with E-state index in [1.807, 2.05) is 0 Å². The van der Waals surface area contributed by atoms with Gasteiger partial charge in [-0.2, -0.15) is 0 Å². The van der Waals surface area contributed by atoms with Crippen LogP contribution in [0.1, 0.15) is 16.1 Å². The quantitative estimate of drug-likeness (QED) is 0.825. The normalized spacial score (nSPS) is 10.9. The summed E-state index contributed by atoms with van der Waals surface area (Å²) in [5.41, 5.74) is 0.869. The van der Waals surface area contributed by atoms with Gasteiger partial charge in [-0.3, -0.25) is 9.59 Å². The SMILES string of the molecule is CNC(=O)/C(=C\c1ccc(OC)cc1)NC(=O)c1ccco1. The van der Waals surface area contributed by atoms with Crippen LogP contribution in [0.15, 0.2) is 52.8 Å². The number of hydrogen-bond donors (Lipinski definition) is 2. The van der Waals surface area contributed by atoms with Gasteiger partial charge in [0.1, 0.15) is 11.4 Å². The fourth-order valence-electron chi connectivity index (χ4n) is 1.75. The number of likely N-dealkylation sites (N-methyl/N-ethyl adjacent to an activating group) is 1. The molecule has 2 N–H and O–H groups in total. The maximum atomic E-state index is 12.0. The van der Waals surface area contributed by atoms with E-state index in [1.165, 1.54) is 19.4 Å². The zero-order valence-corrected chi connectivity index (χ0v) is 12.3. The highest BCUT2D eigenvalue weighted by molar-refractivity contribution is 6.04. The molecule has 0 aliphatic heterocycles. The van der Waals surface area contributed by atoms with E-state index >= 15 is 0 Å². The number of furan rings is 1. The van der Waals surface area contributed by atoms with Gasteiger partial charge < -0.3 is 19.8 Å². The van der Waals surface area contributed by atoms with Crippen LogP contribution in [0.25, 0.3) is 6.08 Å². The van der Waals surface area contributed by atoms with Crippen LogP contribution in [-0.4, -0.2) is 26.0 Å². The molecule has 0 radical (unpaired) electrons. The number of carbonyl (C=O) groups excluding carboxylic acids is 2. The molecule has 2 aromatic rings. The molecule has 0 spiro atoms. The van der Waals surface area contributed by atoms with Gasteiger partial charge in [0.05, 0.1) is 13.4 Å². The third-order valence-corrected chi connectivity index (χ3v) is 2.89. The fourth-order valence-corrected chi connectivity index (χ4v) is 1.75. The first kappa shape index (κ1) is 15.4. The number of ether oxygens (including phenoxy) is 1. The van der Waals surface area contributed by atoms with E-state index in [0.29, 0.717) is 5.75 Å². The van der Waals surface area contributed by atoms with E-state index in [9.17, 15) is 9.59 Å². The van der Waals surface area contributed by atoms with Crippen molar-refractivity contribution < 1.29 is 18.7 Å². The number of amides is 2. The second kappa shape index (κ2) is 7.12. The molecule has 0 saturated carbocycles. The zero-order chi connectivity index (χ0) is 15.9. The summed E-state index contributed by atoms with van der Waals surface area (Å²) < 4.78 is 10.1. The van der Waals surface area contributed by atoms with E-state index in [1.54, 1.807) is 43.5 Å². The highest BCUT2D eigenvalue weighted by atomic mass is 16.5. The van der Waals surface area contributed by atoms with Crippen molar-refractivity contribution in [1.29, 1.82) is 0 Å². The lowest BCUT2D eigenvalue weighted by molar-refractivity contribution is -0.117. The Morgan fingerprint density at radius 3 is 2.45 bits per heavy atom. The summed E-state index contributed by atoms with van der Waals surface area (Å²) in [5, 5.41) is 5.01. The molecule has 0 bridgehead atoms. The topological polar surface area (TPSA) is 80.6 Å². The largest absolute Gasteiger partial charge is 0.497 e. The third kappa shape index (κ3) is 3.76. The maximum Gasteiger partial charge on any atom is 0.291 e. The summed E-state index contributed by atoms with van der Waals surface area (Å²) in [6, 6.07) is 10.2. The Morgan fingerprint density at radius 2 is 1.91 bits per heavy atom. The van der Waals surface area contributed by atoms with E-state index in [2.05, 4.69) is 10.6 Å². The van der Waals surface area contributed by atoms with E-state index < -0.39 is 11.8 Å². The molecule has 2 amide bonds. The second-order valence-corrected chi connectivity index (χ2v) is 4.34. The van der Waals surface area contributed by atoms with Crippen molar-refractivity contribution in [3.05, 3.63) is 59.7 Å². The highest BCUT2D eigenvalue weighted by Gasteiger charge is 2.15. The molecule has 0 aliphatic rings. The highest BCUT2D eigenvalue weighted by Crippen LogP contribution is 2.14. The fraction of sp³-hybridized carbons (Fsp3) is 0.125. The first-order chi connectivity index (χ1) is 10.6. The minimum atomic E-state index is -0.492. The van der Waals surface area contributed by atoms with Crippen LogP contribution in [0.2, 0.25) is 0 Å². The molecule has 2 rings (SSSR count). The van der Waals surface area contributed by atoms with Crippen molar-refractivity contribution in [2.24, 2.45) is 0 Å². The summed E-state index contributed by atoms with van der Waals surface area (Å²) in [7, 11) is 3.06. The van der Waals surface area contributed by atoms with E-state index in [4.69, 9.17) is 9.15 Å². The molecule has 1 aromatic heterocycles. The van der Waals surface area contributed by atoms with Gasteiger partial charge in [0.2, 0.25) is 0 Å². The van der Waals surface area contributed by atoms with E-state index in [-0.39, 0.29) is 11.5 Å². The van der Waals surface area contributed by atoms with Crippen LogP contribution < -0.4 is 15.4 Å². The van der Waals surface area contributed by atoms with Crippen molar-refractivity contribution >= 4 is 17.9 Å². The maximum absolute atomic E-state index is 12.0. The molecule has 0 saturated heterocycles. The number of rotatable bonds is 5. The van der Waals surface area contributed by atoms with E-state index in [0.717, 1.165) is 5.56 Å². The van der Waals surface area contributed by atoms with Crippen LogP contribution in [0.3, 0.4) is 0 Å². The summed E-state index contributed by atoms with van der Waals surface area (Å²) in [5.74, 6) is -0.0631. The number of hydrogen-bond acceptors (Lipinski definition) is 4. The minimum Gasteiger partial charge on any atom is -0.497 e. The summed E-state index contributed by atoms with van der Waals surface area (Å²) >= 11 is 0. The molecule has 1 heterocycles. The van der Waals surface area contributed by atoms with Crippen molar-refractivity contribution in [2.45, 2.75) is 0 Å². The summed E-state index contributed by atoms with van der Waals surface area (Å²) in [6.45, 7) is 0. The molecular formula is C16H16N2O4. The number of carbonyl (C=O) groups is 2. The lowest BCUT2D eigenvalue weighted by Gasteiger charge is -2.08. The van der Waals surface area contributed by atoms with Crippen LogP contribution in [-0.2, 0) is 4.79 Å². The Balaban J connectivity index is 2.23. The van der Waals surface area contributed by atoms with Gasteiger partial charge in [-0.05, 0) is 35.9 Å². The number of methoxy groups -OCH3 is 1.